The van der Waals surface area contributed by atoms with Gasteiger partial charge in [-0.1, -0.05) is 48.5 Å². The maximum atomic E-state index is 12.4. The summed E-state index contributed by atoms with van der Waals surface area (Å²) in [4.78, 5) is 22.9. The van der Waals surface area contributed by atoms with Crippen LogP contribution in [-0.2, 0) is 14.3 Å². The minimum atomic E-state index is -0.843. The van der Waals surface area contributed by atoms with Crippen LogP contribution in [0.3, 0.4) is 0 Å². The zero-order valence-electron chi connectivity index (χ0n) is 16.8. The Kier molecular flexibility index (Phi) is 6.54. The van der Waals surface area contributed by atoms with Gasteiger partial charge in [0.25, 0.3) is 0 Å². The molecule has 2 N–H and O–H groups in total. The Morgan fingerprint density at radius 3 is 2.21 bits per heavy atom. The summed E-state index contributed by atoms with van der Waals surface area (Å²) >= 11 is 0. The van der Waals surface area contributed by atoms with E-state index >= 15 is 0 Å². The third-order valence-corrected chi connectivity index (χ3v) is 4.93. The number of alkyl carbamates (subject to hydrolysis) is 1. The van der Waals surface area contributed by atoms with E-state index in [1.54, 1.807) is 0 Å². The number of ether oxygens (including phenoxy) is 2. The minimum absolute atomic E-state index is 0.0172. The molecular formula is C23H27NO5. The second kappa shape index (κ2) is 9.09. The molecule has 0 radical (unpaired) electrons. The van der Waals surface area contributed by atoms with E-state index < -0.39 is 17.6 Å². The third-order valence-electron chi connectivity index (χ3n) is 4.93. The zero-order valence-corrected chi connectivity index (χ0v) is 16.8. The number of hydrogen-bond acceptors (Lipinski definition) is 4. The van der Waals surface area contributed by atoms with Crippen LogP contribution >= 0.6 is 0 Å². The Balaban J connectivity index is 1.52. The summed E-state index contributed by atoms with van der Waals surface area (Å²) in [5.74, 6) is -0.826. The number of nitrogens with one attached hydrogen (secondary N) is 1. The van der Waals surface area contributed by atoms with Crippen molar-refractivity contribution in [3.63, 3.8) is 0 Å². The Bertz CT molecular complexity index is 832. The predicted molar refractivity (Wildman–Crippen MR) is 110 cm³/mol. The molecule has 0 aliphatic heterocycles. The van der Waals surface area contributed by atoms with Crippen LogP contribution in [0.5, 0.6) is 0 Å². The van der Waals surface area contributed by atoms with Gasteiger partial charge in [-0.25, -0.2) is 4.79 Å². The molecule has 6 heteroatoms. The number of carbonyl (C=O) groups excluding carboxylic acids is 1. The van der Waals surface area contributed by atoms with Crippen LogP contribution in [0, 0.1) is 0 Å². The normalized spacial score (nSPS) is 12.9. The van der Waals surface area contributed by atoms with Crippen molar-refractivity contribution in [2.45, 2.75) is 38.1 Å². The van der Waals surface area contributed by atoms with Gasteiger partial charge >= 0.3 is 12.1 Å². The van der Waals surface area contributed by atoms with Gasteiger partial charge in [-0.05, 0) is 42.5 Å². The van der Waals surface area contributed by atoms with Crippen LogP contribution in [0.4, 0.5) is 4.79 Å². The van der Waals surface area contributed by atoms with Gasteiger partial charge < -0.3 is 19.9 Å². The smallest absolute Gasteiger partial charge is 0.407 e. The first-order chi connectivity index (χ1) is 13.9. The molecule has 0 fully saturated rings. The van der Waals surface area contributed by atoms with E-state index in [1.165, 1.54) is 22.3 Å². The monoisotopic (exact) mass is 397 g/mol. The second-order valence-electron chi connectivity index (χ2n) is 7.88. The molecule has 29 heavy (non-hydrogen) atoms. The third kappa shape index (κ3) is 5.35. The summed E-state index contributed by atoms with van der Waals surface area (Å²) < 4.78 is 11.0. The van der Waals surface area contributed by atoms with Gasteiger partial charge in [-0.15, -0.1) is 0 Å². The fourth-order valence-electron chi connectivity index (χ4n) is 3.60. The average Bonchev–Trinajstić information content (AvgIpc) is 2.99. The van der Waals surface area contributed by atoms with E-state index in [-0.39, 0.29) is 25.6 Å². The molecule has 0 saturated carbocycles. The van der Waals surface area contributed by atoms with Crippen LogP contribution < -0.4 is 5.32 Å². The van der Waals surface area contributed by atoms with Gasteiger partial charge in [0.2, 0.25) is 0 Å². The van der Waals surface area contributed by atoms with Crippen molar-refractivity contribution >= 4 is 12.1 Å². The maximum absolute atomic E-state index is 12.4. The van der Waals surface area contributed by atoms with E-state index in [2.05, 4.69) is 29.6 Å². The van der Waals surface area contributed by atoms with Crippen LogP contribution in [-0.4, -0.2) is 42.5 Å². The number of amides is 1. The SMILES string of the molecule is CC(C)(COCCCC(=O)O)NC(=O)OCC1c2ccccc2-c2ccccc21. The number of carbonyl (C=O) groups is 2. The highest BCUT2D eigenvalue weighted by atomic mass is 16.5. The van der Waals surface area contributed by atoms with E-state index in [4.69, 9.17) is 14.6 Å². The van der Waals surface area contributed by atoms with Gasteiger partial charge in [0.05, 0.1) is 12.1 Å². The molecule has 6 nitrogen and oxygen atoms in total. The Labute approximate surface area is 170 Å². The zero-order chi connectivity index (χ0) is 20.9. The number of carboxylic acids is 1. The Morgan fingerprint density at radius 2 is 1.62 bits per heavy atom. The summed E-state index contributed by atoms with van der Waals surface area (Å²) in [5, 5.41) is 11.5. The highest BCUT2D eigenvalue weighted by Crippen LogP contribution is 2.44. The Morgan fingerprint density at radius 1 is 1.03 bits per heavy atom. The van der Waals surface area contributed by atoms with E-state index in [0.717, 1.165) is 0 Å². The molecule has 154 valence electrons. The summed E-state index contributed by atoms with van der Waals surface area (Å²) in [6.07, 6.45) is 0.0161. The molecule has 1 aliphatic rings. The first kappa shape index (κ1) is 20.9. The van der Waals surface area contributed by atoms with Crippen molar-refractivity contribution in [1.82, 2.24) is 5.32 Å². The number of benzene rings is 2. The van der Waals surface area contributed by atoms with Crippen molar-refractivity contribution in [3.05, 3.63) is 59.7 Å². The Hall–Kier alpha value is -2.86. The van der Waals surface area contributed by atoms with Crippen LogP contribution in [0.2, 0.25) is 0 Å². The lowest BCUT2D eigenvalue weighted by atomic mass is 9.98. The summed E-state index contributed by atoms with van der Waals surface area (Å²) in [6.45, 7) is 4.55. The van der Waals surface area contributed by atoms with Crippen molar-refractivity contribution in [2.24, 2.45) is 0 Å². The summed E-state index contributed by atoms with van der Waals surface area (Å²) in [5.41, 5.74) is 4.09. The van der Waals surface area contributed by atoms with Gasteiger partial charge in [-0.3, -0.25) is 4.79 Å². The molecule has 0 unspecified atom stereocenters. The fourth-order valence-corrected chi connectivity index (χ4v) is 3.60. The minimum Gasteiger partial charge on any atom is -0.481 e. The van der Waals surface area contributed by atoms with Crippen molar-refractivity contribution < 1.29 is 24.2 Å². The number of aliphatic carboxylic acids is 1. The van der Waals surface area contributed by atoms with Crippen molar-refractivity contribution in [3.8, 4) is 11.1 Å². The molecule has 1 amide bonds. The molecule has 0 atom stereocenters. The number of fused-ring (bicyclic) bond motifs is 3. The van der Waals surface area contributed by atoms with E-state index in [1.807, 2.05) is 38.1 Å². The molecule has 0 spiro atoms. The number of rotatable bonds is 9. The lowest BCUT2D eigenvalue weighted by Gasteiger charge is -2.26. The standard InChI is InChI=1S/C23H27NO5/c1-23(2,15-28-13-7-12-21(25)26)24-22(27)29-14-20-18-10-5-3-8-16(18)17-9-4-6-11-19(17)20/h3-6,8-11,20H,7,12-15H2,1-2H3,(H,24,27)(H,25,26). The van der Waals surface area contributed by atoms with Gasteiger partial charge in [0, 0.05) is 18.9 Å². The molecule has 0 heterocycles. The predicted octanol–water partition coefficient (Wildman–Crippen LogP) is 4.19. The molecule has 0 saturated heterocycles. The first-order valence-electron chi connectivity index (χ1n) is 9.80. The van der Waals surface area contributed by atoms with Crippen LogP contribution in [0.1, 0.15) is 43.7 Å². The molecule has 2 aromatic rings. The lowest BCUT2D eigenvalue weighted by Crippen LogP contribution is -2.47. The number of carboxylic acid groups (broad SMARTS) is 1. The first-order valence-corrected chi connectivity index (χ1v) is 9.80. The molecule has 2 aromatic carbocycles. The topological polar surface area (TPSA) is 84.9 Å². The second-order valence-corrected chi connectivity index (χ2v) is 7.88. The van der Waals surface area contributed by atoms with Gasteiger partial charge in [0.1, 0.15) is 6.61 Å². The average molecular weight is 397 g/mol. The van der Waals surface area contributed by atoms with Crippen molar-refractivity contribution in [2.75, 3.05) is 19.8 Å². The van der Waals surface area contributed by atoms with Gasteiger partial charge in [-0.2, -0.15) is 0 Å². The molecular weight excluding hydrogens is 370 g/mol. The summed E-state index contributed by atoms with van der Waals surface area (Å²) in [6, 6.07) is 16.4. The molecule has 1 aliphatic carbocycles. The molecule has 3 rings (SSSR count). The molecule has 0 aromatic heterocycles. The van der Waals surface area contributed by atoms with Crippen LogP contribution in [0.25, 0.3) is 11.1 Å². The summed E-state index contributed by atoms with van der Waals surface area (Å²) in [7, 11) is 0. The van der Waals surface area contributed by atoms with Crippen molar-refractivity contribution in [1.29, 1.82) is 0 Å². The quantitative estimate of drug-likeness (QED) is 0.620. The highest BCUT2D eigenvalue weighted by molar-refractivity contribution is 5.79. The highest BCUT2D eigenvalue weighted by Gasteiger charge is 2.29. The maximum Gasteiger partial charge on any atom is 0.407 e. The van der Waals surface area contributed by atoms with E-state index in [0.29, 0.717) is 13.0 Å². The number of hydrogen-bond donors (Lipinski definition) is 2. The molecule has 0 bridgehead atoms. The van der Waals surface area contributed by atoms with Gasteiger partial charge in [0.15, 0.2) is 0 Å². The van der Waals surface area contributed by atoms with E-state index in [9.17, 15) is 9.59 Å². The fraction of sp³-hybridized carbons (Fsp3) is 0.391. The lowest BCUT2D eigenvalue weighted by molar-refractivity contribution is -0.137. The largest absolute Gasteiger partial charge is 0.481 e. The van der Waals surface area contributed by atoms with Crippen LogP contribution in [0.15, 0.2) is 48.5 Å².